The highest BCUT2D eigenvalue weighted by Crippen LogP contribution is 2.02. The standard InChI is InChI=1S/C16H20O3/c1-19-16(18)14-12-10-8-6-4-2-3-5-7-9-11-13-15-17/h17H,3,6,8-10,12,14-15H2,1H3. The number of aliphatic hydroxyl groups is 1. The van der Waals surface area contributed by atoms with Crippen LogP contribution in [0.4, 0.5) is 0 Å². The van der Waals surface area contributed by atoms with Gasteiger partial charge in [0.1, 0.15) is 6.61 Å². The van der Waals surface area contributed by atoms with Gasteiger partial charge in [-0.1, -0.05) is 36.0 Å². The maximum absolute atomic E-state index is 10.8. The smallest absolute Gasteiger partial charge is 0.305 e. The van der Waals surface area contributed by atoms with Crippen LogP contribution in [-0.2, 0) is 9.53 Å². The summed E-state index contributed by atoms with van der Waals surface area (Å²) in [5.41, 5.74) is 0. The van der Waals surface area contributed by atoms with Gasteiger partial charge in [0, 0.05) is 12.8 Å². The van der Waals surface area contributed by atoms with Crippen LogP contribution in [0.1, 0.15) is 44.9 Å². The number of methoxy groups -OCH3 is 1. The van der Waals surface area contributed by atoms with E-state index in [1.54, 1.807) is 0 Å². The summed E-state index contributed by atoms with van der Waals surface area (Å²) in [7, 11) is 1.41. The Balaban J connectivity index is 3.43. The number of hydrogen-bond acceptors (Lipinski definition) is 3. The van der Waals surface area contributed by atoms with Crippen LogP contribution < -0.4 is 0 Å². The number of ether oxygens (including phenoxy) is 1. The fraction of sp³-hybridized carbons (Fsp3) is 0.562. The first-order valence-corrected chi connectivity index (χ1v) is 6.36. The second kappa shape index (κ2) is 14.2. The average Bonchev–Trinajstić information content (AvgIpc) is 2.43. The van der Waals surface area contributed by atoms with Crippen molar-refractivity contribution in [2.45, 2.75) is 44.9 Å². The number of unbranched alkanes of at least 4 members (excludes halogenated alkanes) is 3. The third kappa shape index (κ3) is 14.0. The first-order chi connectivity index (χ1) is 9.31. The van der Waals surface area contributed by atoms with Crippen molar-refractivity contribution in [1.29, 1.82) is 0 Å². The zero-order valence-electron chi connectivity index (χ0n) is 11.4. The second-order valence-corrected chi connectivity index (χ2v) is 3.71. The molecule has 0 aliphatic carbocycles. The Bertz CT molecular complexity index is 418. The summed E-state index contributed by atoms with van der Waals surface area (Å²) < 4.78 is 4.55. The molecule has 0 unspecified atom stereocenters. The predicted octanol–water partition coefficient (Wildman–Crippen LogP) is 1.89. The highest BCUT2D eigenvalue weighted by Gasteiger charge is 1.97. The fourth-order valence-electron chi connectivity index (χ4n) is 1.24. The van der Waals surface area contributed by atoms with Crippen LogP contribution in [0.3, 0.4) is 0 Å². The van der Waals surface area contributed by atoms with Gasteiger partial charge in [-0.25, -0.2) is 0 Å². The molecule has 0 aromatic heterocycles. The Morgan fingerprint density at radius 3 is 2.21 bits per heavy atom. The van der Waals surface area contributed by atoms with E-state index in [9.17, 15) is 4.79 Å². The van der Waals surface area contributed by atoms with Gasteiger partial charge < -0.3 is 9.84 Å². The summed E-state index contributed by atoms with van der Waals surface area (Å²) in [4.78, 5) is 10.8. The quantitative estimate of drug-likeness (QED) is 0.466. The summed E-state index contributed by atoms with van der Waals surface area (Å²) in [6.07, 6.45) is 5.22. The van der Waals surface area contributed by atoms with Crippen molar-refractivity contribution in [3.05, 3.63) is 0 Å². The van der Waals surface area contributed by atoms with Gasteiger partial charge in [0.2, 0.25) is 0 Å². The molecule has 0 aromatic rings. The molecule has 19 heavy (non-hydrogen) atoms. The molecule has 0 bridgehead atoms. The maximum atomic E-state index is 10.8. The normalized spacial score (nSPS) is 8.11. The molecule has 102 valence electrons. The van der Waals surface area contributed by atoms with Gasteiger partial charge in [-0.15, -0.1) is 5.92 Å². The van der Waals surface area contributed by atoms with E-state index in [0.29, 0.717) is 19.3 Å². The van der Waals surface area contributed by atoms with Crippen molar-refractivity contribution in [3.63, 3.8) is 0 Å². The van der Waals surface area contributed by atoms with Gasteiger partial charge in [-0.3, -0.25) is 4.79 Å². The number of carbonyl (C=O) groups is 1. The third-order valence-electron chi connectivity index (χ3n) is 2.22. The zero-order chi connectivity index (χ0) is 14.2. The van der Waals surface area contributed by atoms with Gasteiger partial charge in [-0.2, -0.15) is 0 Å². The zero-order valence-corrected chi connectivity index (χ0v) is 11.4. The highest BCUT2D eigenvalue weighted by atomic mass is 16.5. The lowest BCUT2D eigenvalue weighted by Crippen LogP contribution is -1.98. The minimum Gasteiger partial charge on any atom is -0.469 e. The SMILES string of the molecule is COC(=O)CCCCCC#CCC#CCC#CCO. The lowest BCUT2D eigenvalue weighted by atomic mass is 10.1. The van der Waals surface area contributed by atoms with Crippen LogP contribution >= 0.6 is 0 Å². The average molecular weight is 260 g/mol. The summed E-state index contributed by atoms with van der Waals surface area (Å²) in [6.45, 7) is -0.114. The lowest BCUT2D eigenvalue weighted by molar-refractivity contribution is -0.140. The topological polar surface area (TPSA) is 46.5 Å². The summed E-state index contributed by atoms with van der Waals surface area (Å²) in [6, 6.07) is 0. The molecule has 1 N–H and O–H groups in total. The Labute approximate surface area is 115 Å². The van der Waals surface area contributed by atoms with E-state index in [4.69, 9.17) is 5.11 Å². The molecule has 0 heterocycles. The van der Waals surface area contributed by atoms with Crippen molar-refractivity contribution in [2.24, 2.45) is 0 Å². The second-order valence-electron chi connectivity index (χ2n) is 3.71. The minimum absolute atomic E-state index is 0.114. The van der Waals surface area contributed by atoms with E-state index in [2.05, 4.69) is 40.3 Å². The molecule has 3 nitrogen and oxygen atoms in total. The van der Waals surface area contributed by atoms with Gasteiger partial charge in [-0.05, 0) is 12.8 Å². The van der Waals surface area contributed by atoms with E-state index in [1.807, 2.05) is 0 Å². The molecule has 3 heteroatoms. The predicted molar refractivity (Wildman–Crippen MR) is 74.7 cm³/mol. The molecule has 0 rings (SSSR count). The van der Waals surface area contributed by atoms with E-state index >= 15 is 0 Å². The van der Waals surface area contributed by atoms with Crippen molar-refractivity contribution in [1.82, 2.24) is 0 Å². The molecule has 0 amide bonds. The molecule has 0 spiro atoms. The molecule has 0 aliphatic heterocycles. The van der Waals surface area contributed by atoms with Crippen molar-refractivity contribution in [2.75, 3.05) is 13.7 Å². The number of aliphatic hydroxyl groups excluding tert-OH is 1. The monoisotopic (exact) mass is 260 g/mol. The number of rotatable bonds is 5. The Hall–Kier alpha value is -1.89. The molecule has 0 saturated carbocycles. The van der Waals surface area contributed by atoms with E-state index in [0.717, 1.165) is 25.7 Å². The van der Waals surface area contributed by atoms with Crippen LogP contribution in [0.2, 0.25) is 0 Å². The third-order valence-corrected chi connectivity index (χ3v) is 2.22. The van der Waals surface area contributed by atoms with Gasteiger partial charge in [0.05, 0.1) is 20.0 Å². The van der Waals surface area contributed by atoms with Crippen LogP contribution in [0.15, 0.2) is 0 Å². The minimum atomic E-state index is -0.148. The van der Waals surface area contributed by atoms with Gasteiger partial charge >= 0.3 is 5.97 Å². The van der Waals surface area contributed by atoms with Crippen LogP contribution in [0.5, 0.6) is 0 Å². The van der Waals surface area contributed by atoms with Crippen LogP contribution in [0.25, 0.3) is 0 Å². The van der Waals surface area contributed by atoms with Gasteiger partial charge in [0.15, 0.2) is 0 Å². The largest absolute Gasteiger partial charge is 0.469 e. The van der Waals surface area contributed by atoms with E-state index < -0.39 is 0 Å². The molecule has 0 aromatic carbocycles. The molecule has 0 atom stereocenters. The summed E-state index contributed by atoms with van der Waals surface area (Å²) in [5.74, 6) is 16.9. The molecule has 0 fully saturated rings. The Kier molecular flexibility index (Phi) is 12.8. The Morgan fingerprint density at radius 2 is 1.58 bits per heavy atom. The summed E-state index contributed by atoms with van der Waals surface area (Å²) in [5, 5.41) is 8.40. The Morgan fingerprint density at radius 1 is 0.947 bits per heavy atom. The molecule has 0 radical (unpaired) electrons. The van der Waals surface area contributed by atoms with E-state index in [-0.39, 0.29) is 12.6 Å². The van der Waals surface area contributed by atoms with Crippen LogP contribution in [0, 0.1) is 35.5 Å². The number of hydrogen-bond donors (Lipinski definition) is 1. The highest BCUT2D eigenvalue weighted by molar-refractivity contribution is 5.68. The lowest BCUT2D eigenvalue weighted by Gasteiger charge is -1.97. The van der Waals surface area contributed by atoms with E-state index in [1.165, 1.54) is 7.11 Å². The summed E-state index contributed by atoms with van der Waals surface area (Å²) >= 11 is 0. The molecule has 0 aliphatic rings. The molecular formula is C16H20O3. The van der Waals surface area contributed by atoms with Gasteiger partial charge in [0.25, 0.3) is 0 Å². The number of esters is 1. The first-order valence-electron chi connectivity index (χ1n) is 6.36. The molecule has 0 saturated heterocycles. The first kappa shape index (κ1) is 17.1. The fourth-order valence-corrected chi connectivity index (χ4v) is 1.24. The number of carbonyl (C=O) groups excluding carboxylic acids is 1. The van der Waals surface area contributed by atoms with Crippen molar-refractivity contribution >= 4 is 5.97 Å². The maximum Gasteiger partial charge on any atom is 0.305 e. The molecular weight excluding hydrogens is 240 g/mol. The van der Waals surface area contributed by atoms with Crippen molar-refractivity contribution in [3.8, 4) is 35.5 Å². The van der Waals surface area contributed by atoms with Crippen LogP contribution in [-0.4, -0.2) is 24.8 Å². The van der Waals surface area contributed by atoms with Crippen molar-refractivity contribution < 1.29 is 14.6 Å².